The second kappa shape index (κ2) is 9.45. The molecular weight excluding hydrogens is 366 g/mol. The molecule has 1 saturated heterocycles. The van der Waals surface area contributed by atoms with E-state index in [-0.39, 0.29) is 24.4 Å². The van der Waals surface area contributed by atoms with Crippen LogP contribution in [0.15, 0.2) is 54.6 Å². The van der Waals surface area contributed by atoms with Crippen LogP contribution in [0.5, 0.6) is 5.75 Å². The van der Waals surface area contributed by atoms with Gasteiger partial charge in [0.05, 0.1) is 18.8 Å². The van der Waals surface area contributed by atoms with Crippen LogP contribution >= 0.6 is 0 Å². The van der Waals surface area contributed by atoms with E-state index in [1.54, 1.807) is 12.0 Å². The Bertz CT molecular complexity index is 832. The summed E-state index contributed by atoms with van der Waals surface area (Å²) in [5.74, 6) is 0.733. The van der Waals surface area contributed by atoms with Gasteiger partial charge in [0, 0.05) is 33.1 Å². The molecule has 1 aliphatic heterocycles. The molecular formula is C23H29N3O3. The first-order valence-corrected chi connectivity index (χ1v) is 9.99. The fourth-order valence-corrected chi connectivity index (χ4v) is 3.77. The number of rotatable bonds is 6. The van der Waals surface area contributed by atoms with Crippen molar-refractivity contribution in [2.75, 3.05) is 44.7 Å². The quantitative estimate of drug-likeness (QED) is 0.755. The molecule has 0 N–H and O–H groups in total. The molecule has 0 spiro atoms. The van der Waals surface area contributed by atoms with Crippen LogP contribution in [-0.4, -0.2) is 61.4 Å². The molecule has 1 unspecified atom stereocenters. The van der Waals surface area contributed by atoms with Gasteiger partial charge < -0.3 is 19.4 Å². The van der Waals surface area contributed by atoms with Gasteiger partial charge in [-0.2, -0.15) is 0 Å². The first-order chi connectivity index (χ1) is 14.0. The highest BCUT2D eigenvalue weighted by Crippen LogP contribution is 2.28. The third kappa shape index (κ3) is 4.88. The average Bonchev–Trinajstić information content (AvgIpc) is 2.77. The summed E-state index contributed by atoms with van der Waals surface area (Å²) in [4.78, 5) is 30.8. The van der Waals surface area contributed by atoms with E-state index in [1.165, 1.54) is 6.92 Å². The molecule has 0 aliphatic carbocycles. The largest absolute Gasteiger partial charge is 0.495 e. The van der Waals surface area contributed by atoms with E-state index < -0.39 is 0 Å². The van der Waals surface area contributed by atoms with Crippen molar-refractivity contribution < 1.29 is 14.3 Å². The lowest BCUT2D eigenvalue weighted by atomic mass is 10.1. The van der Waals surface area contributed by atoms with Crippen LogP contribution in [0.4, 0.5) is 5.69 Å². The Morgan fingerprint density at radius 2 is 1.62 bits per heavy atom. The Morgan fingerprint density at radius 3 is 2.24 bits per heavy atom. The highest BCUT2D eigenvalue weighted by molar-refractivity contribution is 5.84. The molecule has 2 amide bonds. The summed E-state index contributed by atoms with van der Waals surface area (Å²) in [6.07, 6.45) is 0. The number of methoxy groups -OCH3 is 1. The number of piperazine rings is 1. The summed E-state index contributed by atoms with van der Waals surface area (Å²) in [6, 6.07) is 17.6. The molecule has 6 nitrogen and oxygen atoms in total. The van der Waals surface area contributed by atoms with Gasteiger partial charge in [-0.25, -0.2) is 0 Å². The standard InChI is InChI=1S/C23H29N3O3/c1-18(20-9-5-4-6-10-20)26(19(2)27)17-23(28)25-15-13-24(14-16-25)21-11-7-8-12-22(21)29-3/h4-12,18H,13-17H2,1-3H3. The van der Waals surface area contributed by atoms with E-state index in [9.17, 15) is 9.59 Å². The first-order valence-electron chi connectivity index (χ1n) is 9.99. The number of benzene rings is 2. The normalized spacial score (nSPS) is 15.0. The molecule has 1 atom stereocenters. The number of carbonyl (C=O) groups excluding carboxylic acids is 2. The molecule has 0 bridgehead atoms. The van der Waals surface area contributed by atoms with E-state index >= 15 is 0 Å². The third-order valence-electron chi connectivity index (χ3n) is 5.52. The molecule has 0 aromatic heterocycles. The lowest BCUT2D eigenvalue weighted by Gasteiger charge is -2.38. The predicted molar refractivity (Wildman–Crippen MR) is 114 cm³/mol. The summed E-state index contributed by atoms with van der Waals surface area (Å²) in [6.45, 7) is 6.31. The van der Waals surface area contributed by atoms with Crippen LogP contribution in [-0.2, 0) is 9.59 Å². The lowest BCUT2D eigenvalue weighted by Crippen LogP contribution is -2.52. The summed E-state index contributed by atoms with van der Waals surface area (Å²) in [5.41, 5.74) is 2.07. The number of hydrogen-bond acceptors (Lipinski definition) is 4. The topological polar surface area (TPSA) is 53.1 Å². The molecule has 29 heavy (non-hydrogen) atoms. The van der Waals surface area contributed by atoms with E-state index in [0.717, 1.165) is 30.1 Å². The van der Waals surface area contributed by atoms with E-state index in [0.29, 0.717) is 13.1 Å². The van der Waals surface area contributed by atoms with Gasteiger partial charge >= 0.3 is 0 Å². The number of hydrogen-bond donors (Lipinski definition) is 0. The first kappa shape index (κ1) is 20.7. The Hall–Kier alpha value is -3.02. The summed E-state index contributed by atoms with van der Waals surface area (Å²) >= 11 is 0. The van der Waals surface area contributed by atoms with Gasteiger partial charge in [0.1, 0.15) is 12.3 Å². The molecule has 2 aromatic rings. The second-order valence-corrected chi connectivity index (χ2v) is 7.27. The number of ether oxygens (including phenoxy) is 1. The van der Waals surface area contributed by atoms with Gasteiger partial charge in [-0.05, 0) is 24.6 Å². The maximum absolute atomic E-state index is 12.9. The zero-order chi connectivity index (χ0) is 20.8. The van der Waals surface area contributed by atoms with Crippen LogP contribution in [0, 0.1) is 0 Å². The fourth-order valence-electron chi connectivity index (χ4n) is 3.77. The molecule has 1 heterocycles. The molecule has 6 heteroatoms. The lowest BCUT2D eigenvalue weighted by molar-refractivity contribution is -0.141. The van der Waals surface area contributed by atoms with Crippen molar-refractivity contribution >= 4 is 17.5 Å². The van der Waals surface area contributed by atoms with Crippen molar-refractivity contribution in [3.05, 3.63) is 60.2 Å². The van der Waals surface area contributed by atoms with Gasteiger partial charge in [-0.3, -0.25) is 9.59 Å². The monoisotopic (exact) mass is 395 g/mol. The molecule has 154 valence electrons. The molecule has 0 saturated carbocycles. The number of anilines is 1. The minimum Gasteiger partial charge on any atom is -0.495 e. The van der Waals surface area contributed by atoms with Crippen molar-refractivity contribution in [3.8, 4) is 5.75 Å². The maximum atomic E-state index is 12.9. The van der Waals surface area contributed by atoms with Gasteiger partial charge in [0.25, 0.3) is 0 Å². The number of para-hydroxylation sites is 2. The fraction of sp³-hybridized carbons (Fsp3) is 0.391. The molecule has 2 aromatic carbocycles. The minimum atomic E-state index is -0.146. The summed E-state index contributed by atoms with van der Waals surface area (Å²) in [7, 11) is 1.67. The minimum absolute atomic E-state index is 0.0114. The summed E-state index contributed by atoms with van der Waals surface area (Å²) in [5, 5.41) is 0. The van der Waals surface area contributed by atoms with Gasteiger partial charge in [0.15, 0.2) is 0 Å². The van der Waals surface area contributed by atoms with Crippen molar-refractivity contribution in [3.63, 3.8) is 0 Å². The van der Waals surface area contributed by atoms with Crippen molar-refractivity contribution in [1.29, 1.82) is 0 Å². The van der Waals surface area contributed by atoms with Gasteiger partial charge in [-0.1, -0.05) is 42.5 Å². The Morgan fingerprint density at radius 1 is 1.00 bits per heavy atom. The molecule has 1 aliphatic rings. The Kier molecular flexibility index (Phi) is 6.75. The second-order valence-electron chi connectivity index (χ2n) is 7.27. The van der Waals surface area contributed by atoms with Crippen molar-refractivity contribution in [2.24, 2.45) is 0 Å². The van der Waals surface area contributed by atoms with Gasteiger partial charge in [-0.15, -0.1) is 0 Å². The number of nitrogens with zero attached hydrogens (tertiary/aromatic N) is 3. The van der Waals surface area contributed by atoms with E-state index in [1.807, 2.05) is 66.4 Å². The van der Waals surface area contributed by atoms with Crippen LogP contribution < -0.4 is 9.64 Å². The zero-order valence-electron chi connectivity index (χ0n) is 17.4. The maximum Gasteiger partial charge on any atom is 0.242 e. The van der Waals surface area contributed by atoms with Crippen LogP contribution in [0.2, 0.25) is 0 Å². The molecule has 3 rings (SSSR count). The van der Waals surface area contributed by atoms with Gasteiger partial charge in [0.2, 0.25) is 11.8 Å². The SMILES string of the molecule is COc1ccccc1N1CCN(C(=O)CN(C(C)=O)C(C)c2ccccc2)CC1. The Balaban J connectivity index is 1.61. The molecule has 1 fully saturated rings. The highest BCUT2D eigenvalue weighted by atomic mass is 16.5. The smallest absolute Gasteiger partial charge is 0.242 e. The van der Waals surface area contributed by atoms with E-state index in [2.05, 4.69) is 4.90 Å². The van der Waals surface area contributed by atoms with E-state index in [4.69, 9.17) is 4.74 Å². The Labute approximate surface area is 172 Å². The van der Waals surface area contributed by atoms with Crippen LogP contribution in [0.25, 0.3) is 0 Å². The highest BCUT2D eigenvalue weighted by Gasteiger charge is 2.27. The van der Waals surface area contributed by atoms with Crippen LogP contribution in [0.3, 0.4) is 0 Å². The zero-order valence-corrected chi connectivity index (χ0v) is 17.4. The number of amides is 2. The van der Waals surface area contributed by atoms with Crippen molar-refractivity contribution in [1.82, 2.24) is 9.80 Å². The van der Waals surface area contributed by atoms with Crippen LogP contribution in [0.1, 0.15) is 25.5 Å². The average molecular weight is 396 g/mol. The molecule has 0 radical (unpaired) electrons. The number of carbonyl (C=O) groups is 2. The van der Waals surface area contributed by atoms with Crippen molar-refractivity contribution in [2.45, 2.75) is 19.9 Å². The third-order valence-corrected chi connectivity index (χ3v) is 5.52. The summed E-state index contributed by atoms with van der Waals surface area (Å²) < 4.78 is 5.45. The predicted octanol–water partition coefficient (Wildman–Crippen LogP) is 2.95.